The summed E-state index contributed by atoms with van der Waals surface area (Å²) in [6.07, 6.45) is 0. The van der Waals surface area contributed by atoms with Gasteiger partial charge in [-0.25, -0.2) is 0 Å². The van der Waals surface area contributed by atoms with Gasteiger partial charge in [0.25, 0.3) is 0 Å². The second kappa shape index (κ2) is 4.64. The average Bonchev–Trinajstić information content (AvgIpc) is 2.27. The minimum Gasteiger partial charge on any atom is -0.374 e. The lowest BCUT2D eigenvalue weighted by Gasteiger charge is -2.18. The number of hydrogen-bond donors (Lipinski definition) is 1. The second-order valence-corrected chi connectivity index (χ2v) is 3.18. The number of hydrogen-bond acceptors (Lipinski definition) is 3. The molecule has 0 heterocycles. The van der Waals surface area contributed by atoms with Crippen LogP contribution in [0.1, 0.15) is 18.1 Å². The van der Waals surface area contributed by atoms with Crippen LogP contribution in [-0.2, 0) is 6.54 Å². The molecule has 0 aliphatic carbocycles. The molecule has 0 spiro atoms. The summed E-state index contributed by atoms with van der Waals surface area (Å²) in [5.74, 6) is 0. The summed E-state index contributed by atoms with van der Waals surface area (Å²) in [6, 6.07) is 7.95. The number of benzene rings is 1. The van der Waals surface area contributed by atoms with Gasteiger partial charge in [-0.2, -0.15) is 5.26 Å². The van der Waals surface area contributed by atoms with Crippen LogP contribution in [0.25, 0.3) is 0 Å². The van der Waals surface area contributed by atoms with Gasteiger partial charge in [0.05, 0.1) is 11.3 Å². The second-order valence-electron chi connectivity index (χ2n) is 3.18. The molecule has 0 aliphatic heterocycles. The maximum atomic E-state index is 8.97. The van der Waals surface area contributed by atoms with E-state index in [1.165, 1.54) is 0 Å². The van der Waals surface area contributed by atoms with Crippen LogP contribution in [0.2, 0.25) is 0 Å². The molecular formula is C11H15N3. The van der Waals surface area contributed by atoms with E-state index in [4.69, 9.17) is 11.0 Å². The van der Waals surface area contributed by atoms with Crippen LogP contribution in [0.5, 0.6) is 0 Å². The minimum atomic E-state index is 0.477. The van der Waals surface area contributed by atoms with Crippen LogP contribution in [0.3, 0.4) is 0 Å². The predicted molar refractivity (Wildman–Crippen MR) is 58.0 cm³/mol. The van der Waals surface area contributed by atoms with Crippen LogP contribution in [0.4, 0.5) is 5.69 Å². The smallest absolute Gasteiger partial charge is 0.101 e. The lowest BCUT2D eigenvalue weighted by molar-refractivity contribution is 0.962. The topological polar surface area (TPSA) is 53.0 Å². The van der Waals surface area contributed by atoms with E-state index in [1.54, 1.807) is 0 Å². The molecular weight excluding hydrogens is 174 g/mol. The molecule has 0 saturated heterocycles. The summed E-state index contributed by atoms with van der Waals surface area (Å²) < 4.78 is 0. The first-order valence-electron chi connectivity index (χ1n) is 4.67. The summed E-state index contributed by atoms with van der Waals surface area (Å²) in [5, 5.41) is 8.97. The zero-order valence-corrected chi connectivity index (χ0v) is 8.62. The normalized spacial score (nSPS) is 9.57. The van der Waals surface area contributed by atoms with Crippen molar-refractivity contribution in [1.29, 1.82) is 5.26 Å². The lowest BCUT2D eigenvalue weighted by atomic mass is 10.1. The summed E-state index contributed by atoms with van der Waals surface area (Å²) in [5.41, 5.74) is 8.16. The fourth-order valence-corrected chi connectivity index (χ4v) is 1.30. The Hall–Kier alpha value is -1.53. The van der Waals surface area contributed by atoms with Gasteiger partial charge < -0.3 is 10.6 Å². The first-order chi connectivity index (χ1) is 6.72. The number of anilines is 1. The number of nitrogens with zero attached hydrogens (tertiary/aromatic N) is 2. The molecule has 0 atom stereocenters. The van der Waals surface area contributed by atoms with Crippen molar-refractivity contribution in [1.82, 2.24) is 0 Å². The molecule has 1 aromatic rings. The van der Waals surface area contributed by atoms with E-state index in [1.807, 2.05) is 30.1 Å². The van der Waals surface area contributed by atoms with Gasteiger partial charge in [-0.05, 0) is 24.6 Å². The molecule has 14 heavy (non-hydrogen) atoms. The van der Waals surface area contributed by atoms with Crippen molar-refractivity contribution in [3.63, 3.8) is 0 Å². The van der Waals surface area contributed by atoms with Gasteiger partial charge in [0, 0.05) is 20.1 Å². The largest absolute Gasteiger partial charge is 0.374 e. The summed E-state index contributed by atoms with van der Waals surface area (Å²) in [7, 11) is 1.97. The van der Waals surface area contributed by atoms with E-state index in [9.17, 15) is 0 Å². The average molecular weight is 189 g/mol. The zero-order valence-electron chi connectivity index (χ0n) is 8.62. The van der Waals surface area contributed by atoms with E-state index in [0.29, 0.717) is 12.1 Å². The molecule has 74 valence electrons. The van der Waals surface area contributed by atoms with Gasteiger partial charge in [0.1, 0.15) is 6.07 Å². The summed E-state index contributed by atoms with van der Waals surface area (Å²) >= 11 is 0. The zero-order chi connectivity index (χ0) is 10.6. The Bertz CT molecular complexity index is 352. The van der Waals surface area contributed by atoms with Gasteiger partial charge in [-0.3, -0.25) is 0 Å². The molecule has 2 N–H and O–H groups in total. The first kappa shape index (κ1) is 10.6. The summed E-state index contributed by atoms with van der Waals surface area (Å²) in [4.78, 5) is 2.04. The Labute approximate surface area is 84.7 Å². The molecule has 1 rings (SSSR count). The third-order valence-corrected chi connectivity index (χ3v) is 2.30. The molecule has 0 saturated carbocycles. The number of nitrogens with two attached hydrogens (primary N) is 1. The van der Waals surface area contributed by atoms with Crippen molar-refractivity contribution in [2.75, 3.05) is 18.5 Å². The van der Waals surface area contributed by atoms with Crippen molar-refractivity contribution in [3.8, 4) is 6.07 Å². The SMILES string of the molecule is CCN(C)c1ccc(CN)cc1C#N. The van der Waals surface area contributed by atoms with Crippen LogP contribution in [0.15, 0.2) is 18.2 Å². The van der Waals surface area contributed by atoms with Crippen LogP contribution in [0, 0.1) is 11.3 Å². The van der Waals surface area contributed by atoms with Gasteiger partial charge in [-0.15, -0.1) is 0 Å². The van der Waals surface area contributed by atoms with Crippen molar-refractivity contribution in [2.24, 2.45) is 5.73 Å². The standard InChI is InChI=1S/C11H15N3/c1-3-14(2)11-5-4-9(7-12)6-10(11)8-13/h4-6H,3,7,12H2,1-2H3. The molecule has 0 bridgehead atoms. The van der Waals surface area contributed by atoms with Crippen LogP contribution < -0.4 is 10.6 Å². The van der Waals surface area contributed by atoms with Gasteiger partial charge in [0.15, 0.2) is 0 Å². The Morgan fingerprint density at radius 2 is 2.21 bits per heavy atom. The van der Waals surface area contributed by atoms with Crippen molar-refractivity contribution < 1.29 is 0 Å². The highest BCUT2D eigenvalue weighted by Gasteiger charge is 2.05. The van der Waals surface area contributed by atoms with E-state index >= 15 is 0 Å². The number of nitriles is 1. The molecule has 0 aromatic heterocycles. The maximum Gasteiger partial charge on any atom is 0.101 e. The molecule has 3 heteroatoms. The summed E-state index contributed by atoms with van der Waals surface area (Å²) in [6.45, 7) is 3.42. The minimum absolute atomic E-state index is 0.477. The molecule has 0 aliphatic rings. The molecule has 0 unspecified atom stereocenters. The van der Waals surface area contributed by atoms with Crippen LogP contribution in [-0.4, -0.2) is 13.6 Å². The fraction of sp³-hybridized carbons (Fsp3) is 0.364. The maximum absolute atomic E-state index is 8.97. The Morgan fingerprint density at radius 1 is 1.50 bits per heavy atom. The molecule has 0 fully saturated rings. The Morgan fingerprint density at radius 3 is 2.71 bits per heavy atom. The molecule has 3 nitrogen and oxygen atoms in total. The first-order valence-corrected chi connectivity index (χ1v) is 4.67. The van der Waals surface area contributed by atoms with Crippen molar-refractivity contribution in [3.05, 3.63) is 29.3 Å². The highest BCUT2D eigenvalue weighted by molar-refractivity contribution is 5.59. The Kier molecular flexibility index (Phi) is 3.49. The van der Waals surface area contributed by atoms with Gasteiger partial charge in [-0.1, -0.05) is 6.07 Å². The van der Waals surface area contributed by atoms with E-state index < -0.39 is 0 Å². The quantitative estimate of drug-likeness (QED) is 0.783. The molecule has 0 radical (unpaired) electrons. The van der Waals surface area contributed by atoms with Gasteiger partial charge in [0.2, 0.25) is 0 Å². The molecule has 0 amide bonds. The predicted octanol–water partition coefficient (Wildman–Crippen LogP) is 1.47. The van der Waals surface area contributed by atoms with Crippen molar-refractivity contribution in [2.45, 2.75) is 13.5 Å². The fourth-order valence-electron chi connectivity index (χ4n) is 1.30. The third-order valence-electron chi connectivity index (χ3n) is 2.30. The lowest BCUT2D eigenvalue weighted by Crippen LogP contribution is -2.17. The monoisotopic (exact) mass is 189 g/mol. The number of rotatable bonds is 3. The molecule has 1 aromatic carbocycles. The van der Waals surface area contributed by atoms with Crippen molar-refractivity contribution >= 4 is 5.69 Å². The van der Waals surface area contributed by atoms with E-state index in [0.717, 1.165) is 17.8 Å². The van der Waals surface area contributed by atoms with E-state index in [2.05, 4.69) is 13.0 Å². The highest BCUT2D eigenvalue weighted by atomic mass is 15.1. The third kappa shape index (κ3) is 2.04. The van der Waals surface area contributed by atoms with E-state index in [-0.39, 0.29) is 0 Å². The highest BCUT2D eigenvalue weighted by Crippen LogP contribution is 2.19. The Balaban J connectivity index is 3.13. The van der Waals surface area contributed by atoms with Crippen LogP contribution >= 0.6 is 0 Å². The van der Waals surface area contributed by atoms with Gasteiger partial charge >= 0.3 is 0 Å².